The van der Waals surface area contributed by atoms with Gasteiger partial charge in [0.15, 0.2) is 0 Å². The van der Waals surface area contributed by atoms with E-state index in [1.54, 1.807) is 25.7 Å². The fourth-order valence-corrected chi connectivity index (χ4v) is 3.43. The quantitative estimate of drug-likeness (QED) is 0.720. The maximum Gasteiger partial charge on any atom is 0.227 e. The Hall–Kier alpha value is -3.06. The summed E-state index contributed by atoms with van der Waals surface area (Å²) in [6.45, 7) is 1.96. The number of anilines is 2. The molecule has 0 unspecified atom stereocenters. The van der Waals surface area contributed by atoms with Crippen molar-refractivity contribution in [3.63, 3.8) is 0 Å². The van der Waals surface area contributed by atoms with Gasteiger partial charge in [-0.05, 0) is 43.1 Å². The largest absolute Gasteiger partial charge is 0.497 e. The lowest BCUT2D eigenvalue weighted by atomic mass is 10.1. The zero-order valence-electron chi connectivity index (χ0n) is 15.2. The molecule has 0 bridgehead atoms. The van der Waals surface area contributed by atoms with E-state index in [0.29, 0.717) is 12.0 Å². The van der Waals surface area contributed by atoms with Crippen LogP contribution in [-0.4, -0.2) is 38.5 Å². The van der Waals surface area contributed by atoms with Crippen LogP contribution in [-0.2, 0) is 6.54 Å². The summed E-state index contributed by atoms with van der Waals surface area (Å²) in [7, 11) is 1.69. The van der Waals surface area contributed by atoms with Gasteiger partial charge in [0.2, 0.25) is 5.95 Å². The summed E-state index contributed by atoms with van der Waals surface area (Å²) in [5.74, 6) is 1.45. The van der Waals surface area contributed by atoms with Crippen LogP contribution in [0.2, 0.25) is 0 Å². The molecule has 4 rings (SSSR count). The maximum absolute atomic E-state index is 5.25. The lowest BCUT2D eigenvalue weighted by Gasteiger charge is -2.24. The van der Waals surface area contributed by atoms with Gasteiger partial charge in [-0.1, -0.05) is 12.1 Å². The van der Waals surface area contributed by atoms with Crippen LogP contribution in [0.15, 0.2) is 55.2 Å². The first-order valence-corrected chi connectivity index (χ1v) is 9.04. The number of hydrogen-bond donors (Lipinski definition) is 1. The molecule has 0 aliphatic carbocycles. The molecule has 1 aliphatic heterocycles. The molecule has 1 aliphatic rings. The van der Waals surface area contributed by atoms with Gasteiger partial charge in [0.05, 0.1) is 36.9 Å². The topological polar surface area (TPSA) is 76.1 Å². The van der Waals surface area contributed by atoms with Crippen LogP contribution >= 0.6 is 0 Å². The molecule has 1 saturated heterocycles. The van der Waals surface area contributed by atoms with E-state index >= 15 is 0 Å². The van der Waals surface area contributed by atoms with Crippen LogP contribution < -0.4 is 10.1 Å². The summed E-state index contributed by atoms with van der Waals surface area (Å²) < 4.78 is 5.25. The number of methoxy groups -OCH3 is 1. The zero-order valence-corrected chi connectivity index (χ0v) is 15.2. The van der Waals surface area contributed by atoms with E-state index in [9.17, 15) is 0 Å². The molecule has 1 N–H and O–H groups in total. The molecular weight excluding hydrogens is 340 g/mol. The van der Waals surface area contributed by atoms with Crippen molar-refractivity contribution in [2.45, 2.75) is 25.4 Å². The van der Waals surface area contributed by atoms with E-state index in [1.165, 1.54) is 18.3 Å². The third-order valence-electron chi connectivity index (χ3n) is 4.74. The van der Waals surface area contributed by atoms with Gasteiger partial charge in [-0.2, -0.15) is 0 Å². The Bertz CT molecular complexity index is 871. The number of nitrogens with zero attached hydrogens (tertiary/aromatic N) is 5. The first-order valence-electron chi connectivity index (χ1n) is 9.04. The number of ether oxygens (including phenoxy) is 1. The second kappa shape index (κ2) is 8.09. The molecule has 1 aromatic carbocycles. The van der Waals surface area contributed by atoms with Crippen LogP contribution in [0.3, 0.4) is 0 Å². The molecule has 0 amide bonds. The van der Waals surface area contributed by atoms with Gasteiger partial charge in [-0.3, -0.25) is 4.90 Å². The van der Waals surface area contributed by atoms with Crippen LogP contribution in [0.5, 0.6) is 5.75 Å². The van der Waals surface area contributed by atoms with E-state index < -0.39 is 0 Å². The van der Waals surface area contributed by atoms with Gasteiger partial charge in [0.1, 0.15) is 12.1 Å². The minimum absolute atomic E-state index is 0.294. The zero-order chi connectivity index (χ0) is 18.5. The third-order valence-corrected chi connectivity index (χ3v) is 4.74. The van der Waals surface area contributed by atoms with Crippen molar-refractivity contribution >= 4 is 11.6 Å². The first-order chi connectivity index (χ1) is 13.3. The Morgan fingerprint density at radius 3 is 2.74 bits per heavy atom. The predicted molar refractivity (Wildman–Crippen MR) is 103 cm³/mol. The molecule has 2 aromatic heterocycles. The lowest BCUT2D eigenvalue weighted by Crippen LogP contribution is -2.23. The minimum Gasteiger partial charge on any atom is -0.497 e. The molecule has 1 fully saturated rings. The number of nitrogens with one attached hydrogen (secondary N) is 1. The third kappa shape index (κ3) is 4.20. The van der Waals surface area contributed by atoms with E-state index in [4.69, 9.17) is 9.72 Å². The fourth-order valence-electron chi connectivity index (χ4n) is 3.43. The molecule has 138 valence electrons. The molecular formula is C20H22N6O. The van der Waals surface area contributed by atoms with E-state index in [-0.39, 0.29) is 0 Å². The average Bonchev–Trinajstić information content (AvgIpc) is 3.18. The summed E-state index contributed by atoms with van der Waals surface area (Å²) in [5.41, 5.74) is 3.09. The molecule has 0 spiro atoms. The highest BCUT2D eigenvalue weighted by molar-refractivity contribution is 5.49. The summed E-state index contributed by atoms with van der Waals surface area (Å²) in [5, 5.41) is 3.17. The van der Waals surface area contributed by atoms with Gasteiger partial charge < -0.3 is 10.1 Å². The number of aromatic nitrogens is 4. The summed E-state index contributed by atoms with van der Waals surface area (Å²) in [4.78, 5) is 19.5. The fraction of sp³-hybridized carbons (Fsp3) is 0.300. The van der Waals surface area contributed by atoms with Gasteiger partial charge in [-0.25, -0.2) is 19.9 Å². The van der Waals surface area contributed by atoms with E-state index in [0.717, 1.165) is 36.6 Å². The molecule has 7 heteroatoms. The number of hydrogen-bond acceptors (Lipinski definition) is 7. The van der Waals surface area contributed by atoms with Gasteiger partial charge in [-0.15, -0.1) is 0 Å². The molecule has 27 heavy (non-hydrogen) atoms. The minimum atomic E-state index is 0.294. The Labute approximate surface area is 158 Å². The van der Waals surface area contributed by atoms with Crippen LogP contribution in [0.4, 0.5) is 11.6 Å². The molecule has 7 nitrogen and oxygen atoms in total. The van der Waals surface area contributed by atoms with Crippen molar-refractivity contribution in [1.29, 1.82) is 0 Å². The lowest BCUT2D eigenvalue weighted by molar-refractivity contribution is 0.244. The monoisotopic (exact) mass is 362 g/mol. The Morgan fingerprint density at radius 1 is 1.15 bits per heavy atom. The van der Waals surface area contributed by atoms with E-state index in [2.05, 4.69) is 37.3 Å². The maximum atomic E-state index is 5.25. The highest BCUT2D eigenvalue weighted by Crippen LogP contribution is 2.32. The van der Waals surface area contributed by atoms with Gasteiger partial charge in [0, 0.05) is 12.7 Å². The van der Waals surface area contributed by atoms with Crippen molar-refractivity contribution < 1.29 is 4.74 Å². The Kier molecular flexibility index (Phi) is 5.20. The Balaban J connectivity index is 1.48. The van der Waals surface area contributed by atoms with Gasteiger partial charge in [0.25, 0.3) is 0 Å². The van der Waals surface area contributed by atoms with Crippen LogP contribution in [0.1, 0.15) is 30.1 Å². The van der Waals surface area contributed by atoms with Crippen LogP contribution in [0, 0.1) is 0 Å². The standard InChI is InChI=1S/C20H22N6O/c1-27-17-6-4-15(5-7-17)13-26-10-2-3-19(26)18-8-9-23-20(25-18)24-16-11-21-14-22-12-16/h4-9,11-12,14,19H,2-3,10,13H2,1H3,(H,23,24,25)/t19-/m0/s1. The van der Waals surface area contributed by atoms with Crippen molar-refractivity contribution in [1.82, 2.24) is 24.8 Å². The second-order valence-corrected chi connectivity index (χ2v) is 6.53. The average molecular weight is 362 g/mol. The highest BCUT2D eigenvalue weighted by atomic mass is 16.5. The first kappa shape index (κ1) is 17.4. The molecule has 3 aromatic rings. The Morgan fingerprint density at radius 2 is 1.96 bits per heavy atom. The summed E-state index contributed by atoms with van der Waals surface area (Å²) in [6.07, 6.45) is 8.97. The van der Waals surface area contributed by atoms with Crippen molar-refractivity contribution in [2.75, 3.05) is 19.0 Å². The number of rotatable bonds is 6. The second-order valence-electron chi connectivity index (χ2n) is 6.53. The summed E-state index contributed by atoms with van der Waals surface area (Å²) >= 11 is 0. The van der Waals surface area contributed by atoms with Crippen molar-refractivity contribution in [3.05, 3.63) is 66.5 Å². The molecule has 0 radical (unpaired) electrons. The molecule has 1 atom stereocenters. The SMILES string of the molecule is COc1ccc(CN2CCC[C@H]2c2ccnc(Nc3cncnc3)n2)cc1. The number of likely N-dealkylation sites (tertiary alicyclic amines) is 1. The van der Waals surface area contributed by atoms with Crippen LogP contribution in [0.25, 0.3) is 0 Å². The normalized spacial score (nSPS) is 17.0. The molecule has 0 saturated carbocycles. The highest BCUT2D eigenvalue weighted by Gasteiger charge is 2.27. The van der Waals surface area contributed by atoms with Gasteiger partial charge >= 0.3 is 0 Å². The number of benzene rings is 1. The van der Waals surface area contributed by atoms with Crippen molar-refractivity contribution in [2.24, 2.45) is 0 Å². The van der Waals surface area contributed by atoms with E-state index in [1.807, 2.05) is 18.2 Å². The summed E-state index contributed by atoms with van der Waals surface area (Å²) in [6, 6.07) is 10.6. The molecule has 3 heterocycles. The predicted octanol–water partition coefficient (Wildman–Crippen LogP) is 3.36. The van der Waals surface area contributed by atoms with Crippen molar-refractivity contribution in [3.8, 4) is 5.75 Å². The smallest absolute Gasteiger partial charge is 0.227 e.